The van der Waals surface area contributed by atoms with Crippen LogP contribution in [0.5, 0.6) is 0 Å². The molecule has 0 saturated carbocycles. The molecule has 0 unspecified atom stereocenters. The van der Waals surface area contributed by atoms with Crippen LogP contribution in [-0.2, 0) is 6.42 Å². The van der Waals surface area contributed by atoms with Gasteiger partial charge in [0.1, 0.15) is 17.5 Å². The van der Waals surface area contributed by atoms with Gasteiger partial charge >= 0.3 is 0 Å². The number of anilines is 3. The van der Waals surface area contributed by atoms with Crippen LogP contribution in [0.1, 0.15) is 23.9 Å². The van der Waals surface area contributed by atoms with E-state index in [-0.39, 0.29) is 0 Å². The van der Waals surface area contributed by atoms with Crippen molar-refractivity contribution < 1.29 is 0 Å². The highest BCUT2D eigenvalue weighted by atomic mass is 15.3. The van der Waals surface area contributed by atoms with Crippen LogP contribution in [0.4, 0.5) is 17.3 Å². The zero-order valence-corrected chi connectivity index (χ0v) is 12.4. The molecule has 5 heteroatoms. The number of benzene rings is 1. The zero-order valence-electron chi connectivity index (χ0n) is 12.4. The predicted octanol–water partition coefficient (Wildman–Crippen LogP) is 2.71. The molecule has 0 saturated heterocycles. The molecule has 1 heterocycles. The number of aryl methyl sites for hydroxylation is 2. The number of nitrogen functional groups attached to an aromatic ring is 1. The van der Waals surface area contributed by atoms with E-state index in [0.717, 1.165) is 29.3 Å². The third kappa shape index (κ3) is 2.72. The fourth-order valence-electron chi connectivity index (χ4n) is 2.13. The summed E-state index contributed by atoms with van der Waals surface area (Å²) in [6.07, 6.45) is 0.767. The molecular formula is C15H21N5. The van der Waals surface area contributed by atoms with Gasteiger partial charge in [-0.2, -0.15) is 0 Å². The van der Waals surface area contributed by atoms with Gasteiger partial charge in [-0.15, -0.1) is 0 Å². The predicted molar refractivity (Wildman–Crippen MR) is 83.2 cm³/mol. The Kier molecular flexibility index (Phi) is 4.20. The highest BCUT2D eigenvalue weighted by Crippen LogP contribution is 2.28. The summed E-state index contributed by atoms with van der Waals surface area (Å²) in [7, 11) is 2.00. The minimum atomic E-state index is 0.673. The van der Waals surface area contributed by atoms with Crippen molar-refractivity contribution in [3.63, 3.8) is 0 Å². The van der Waals surface area contributed by atoms with Crippen LogP contribution in [0.2, 0.25) is 0 Å². The number of nitrogens with zero attached hydrogens (tertiary/aromatic N) is 3. The average molecular weight is 271 g/mol. The molecule has 0 fully saturated rings. The number of aromatic nitrogens is 2. The molecule has 106 valence electrons. The Morgan fingerprint density at radius 1 is 1.25 bits per heavy atom. The number of nitrogens with one attached hydrogen (secondary N) is 1. The second-order valence-corrected chi connectivity index (χ2v) is 4.83. The monoisotopic (exact) mass is 271 g/mol. The summed E-state index contributed by atoms with van der Waals surface area (Å²) in [5.74, 6) is 7.87. The molecule has 0 aliphatic rings. The van der Waals surface area contributed by atoms with Crippen LogP contribution in [0, 0.1) is 13.8 Å². The molecule has 3 N–H and O–H groups in total. The van der Waals surface area contributed by atoms with Gasteiger partial charge in [0, 0.05) is 24.7 Å². The van der Waals surface area contributed by atoms with Crippen molar-refractivity contribution in [2.24, 2.45) is 5.84 Å². The molecule has 0 bridgehead atoms. The minimum Gasteiger partial charge on any atom is -0.329 e. The van der Waals surface area contributed by atoms with E-state index in [9.17, 15) is 0 Å². The SMILES string of the molecule is CCc1nc(NN)c(C)c(N(C)c2cccc(C)c2)n1. The molecule has 0 spiro atoms. The van der Waals surface area contributed by atoms with E-state index in [1.807, 2.05) is 27.0 Å². The summed E-state index contributed by atoms with van der Waals surface area (Å²) < 4.78 is 0. The van der Waals surface area contributed by atoms with Crippen molar-refractivity contribution in [2.45, 2.75) is 27.2 Å². The Bertz CT molecular complexity index is 609. The van der Waals surface area contributed by atoms with Gasteiger partial charge in [-0.25, -0.2) is 15.8 Å². The van der Waals surface area contributed by atoms with Crippen molar-refractivity contribution in [2.75, 3.05) is 17.4 Å². The molecule has 0 aliphatic heterocycles. The van der Waals surface area contributed by atoms with E-state index in [4.69, 9.17) is 5.84 Å². The lowest BCUT2D eigenvalue weighted by atomic mass is 10.2. The van der Waals surface area contributed by atoms with Crippen LogP contribution in [0.25, 0.3) is 0 Å². The van der Waals surface area contributed by atoms with E-state index in [1.165, 1.54) is 5.56 Å². The van der Waals surface area contributed by atoms with Crippen molar-refractivity contribution in [3.8, 4) is 0 Å². The van der Waals surface area contributed by atoms with Crippen LogP contribution in [-0.4, -0.2) is 17.0 Å². The average Bonchev–Trinajstić information content (AvgIpc) is 2.47. The first kappa shape index (κ1) is 14.3. The van der Waals surface area contributed by atoms with E-state index in [0.29, 0.717) is 5.82 Å². The molecule has 0 radical (unpaired) electrons. The Hall–Kier alpha value is -2.14. The number of rotatable bonds is 4. The first-order valence-corrected chi connectivity index (χ1v) is 6.71. The summed E-state index contributed by atoms with van der Waals surface area (Å²) in [6, 6.07) is 8.31. The maximum Gasteiger partial charge on any atom is 0.148 e. The molecule has 1 aromatic carbocycles. The molecule has 2 rings (SSSR count). The summed E-state index contributed by atoms with van der Waals surface area (Å²) in [5.41, 5.74) is 5.90. The molecule has 2 aromatic rings. The standard InChI is InChI=1S/C15H21N5/c1-5-13-17-14(19-16)11(3)15(18-13)20(4)12-8-6-7-10(2)9-12/h6-9H,5,16H2,1-4H3,(H,17,18,19). The number of nitrogens with two attached hydrogens (primary N) is 1. The molecule has 0 amide bonds. The third-order valence-electron chi connectivity index (χ3n) is 3.33. The van der Waals surface area contributed by atoms with Crippen LogP contribution in [0.3, 0.4) is 0 Å². The summed E-state index contributed by atoms with van der Waals surface area (Å²) in [4.78, 5) is 11.1. The maximum atomic E-state index is 5.55. The topological polar surface area (TPSA) is 67.1 Å². The number of hydrazine groups is 1. The Morgan fingerprint density at radius 2 is 2.00 bits per heavy atom. The Labute approximate surface area is 119 Å². The van der Waals surface area contributed by atoms with Gasteiger partial charge in [0.2, 0.25) is 0 Å². The minimum absolute atomic E-state index is 0.673. The van der Waals surface area contributed by atoms with Crippen molar-refractivity contribution >= 4 is 17.3 Å². The van der Waals surface area contributed by atoms with Crippen LogP contribution in [0.15, 0.2) is 24.3 Å². The molecule has 1 aromatic heterocycles. The summed E-state index contributed by atoms with van der Waals surface area (Å²) >= 11 is 0. The Balaban J connectivity index is 2.50. The van der Waals surface area contributed by atoms with Crippen molar-refractivity contribution in [1.82, 2.24) is 9.97 Å². The zero-order chi connectivity index (χ0) is 14.7. The fourth-order valence-corrected chi connectivity index (χ4v) is 2.13. The van der Waals surface area contributed by atoms with Gasteiger partial charge < -0.3 is 10.3 Å². The lowest BCUT2D eigenvalue weighted by molar-refractivity contribution is 0.913. The van der Waals surface area contributed by atoms with Gasteiger partial charge in [-0.05, 0) is 31.5 Å². The molecule has 20 heavy (non-hydrogen) atoms. The lowest BCUT2D eigenvalue weighted by Gasteiger charge is -2.22. The fraction of sp³-hybridized carbons (Fsp3) is 0.333. The number of hydrogen-bond donors (Lipinski definition) is 2. The Morgan fingerprint density at radius 3 is 2.60 bits per heavy atom. The molecule has 5 nitrogen and oxygen atoms in total. The first-order valence-electron chi connectivity index (χ1n) is 6.71. The van der Waals surface area contributed by atoms with Gasteiger partial charge in [-0.3, -0.25) is 0 Å². The molecular weight excluding hydrogens is 250 g/mol. The van der Waals surface area contributed by atoms with Crippen molar-refractivity contribution in [3.05, 3.63) is 41.2 Å². The largest absolute Gasteiger partial charge is 0.329 e. The highest BCUT2D eigenvalue weighted by molar-refractivity contribution is 5.67. The van der Waals surface area contributed by atoms with E-state index in [1.54, 1.807) is 0 Å². The van der Waals surface area contributed by atoms with E-state index >= 15 is 0 Å². The van der Waals surface area contributed by atoms with E-state index < -0.39 is 0 Å². The summed E-state index contributed by atoms with van der Waals surface area (Å²) in [6.45, 7) is 6.08. The highest BCUT2D eigenvalue weighted by Gasteiger charge is 2.14. The van der Waals surface area contributed by atoms with Crippen LogP contribution >= 0.6 is 0 Å². The third-order valence-corrected chi connectivity index (χ3v) is 3.33. The molecule has 0 atom stereocenters. The lowest BCUT2D eigenvalue weighted by Crippen LogP contribution is -2.18. The smallest absolute Gasteiger partial charge is 0.148 e. The number of hydrogen-bond acceptors (Lipinski definition) is 5. The summed E-state index contributed by atoms with van der Waals surface area (Å²) in [5, 5.41) is 0. The maximum absolute atomic E-state index is 5.55. The van der Waals surface area contributed by atoms with Crippen LogP contribution < -0.4 is 16.2 Å². The second kappa shape index (κ2) is 5.88. The quantitative estimate of drug-likeness (QED) is 0.661. The van der Waals surface area contributed by atoms with Crippen molar-refractivity contribution in [1.29, 1.82) is 0 Å². The first-order chi connectivity index (χ1) is 9.56. The molecule has 0 aliphatic carbocycles. The van der Waals surface area contributed by atoms with Gasteiger partial charge in [0.05, 0.1) is 0 Å². The van der Waals surface area contributed by atoms with Gasteiger partial charge in [-0.1, -0.05) is 19.1 Å². The second-order valence-electron chi connectivity index (χ2n) is 4.83. The van der Waals surface area contributed by atoms with E-state index in [2.05, 4.69) is 45.4 Å². The van der Waals surface area contributed by atoms with Gasteiger partial charge in [0.15, 0.2) is 0 Å². The normalized spacial score (nSPS) is 10.4. The van der Waals surface area contributed by atoms with Gasteiger partial charge in [0.25, 0.3) is 0 Å².